The van der Waals surface area contributed by atoms with Gasteiger partial charge in [-0.3, -0.25) is 4.79 Å². The van der Waals surface area contributed by atoms with E-state index in [9.17, 15) is 13.2 Å². The Bertz CT molecular complexity index is 1270. The van der Waals surface area contributed by atoms with Crippen LogP contribution in [0.2, 0.25) is 0 Å². The maximum Gasteiger partial charge on any atom is 0.271 e. The highest BCUT2D eigenvalue weighted by Crippen LogP contribution is 2.29. The van der Waals surface area contributed by atoms with Gasteiger partial charge >= 0.3 is 0 Å². The van der Waals surface area contributed by atoms with Gasteiger partial charge in [-0.05, 0) is 43.2 Å². The van der Waals surface area contributed by atoms with Crippen molar-refractivity contribution in [2.45, 2.75) is 17.7 Å². The number of fused-ring (bicyclic) bond motifs is 1. The van der Waals surface area contributed by atoms with Crippen molar-refractivity contribution in [1.82, 2.24) is 14.3 Å². The minimum atomic E-state index is -3.73. The Morgan fingerprint density at radius 2 is 1.90 bits per heavy atom. The summed E-state index contributed by atoms with van der Waals surface area (Å²) in [5.41, 5.74) is 3.74. The largest absolute Gasteiger partial charge is 0.495 e. The molecule has 4 rings (SSSR count). The summed E-state index contributed by atoms with van der Waals surface area (Å²) >= 11 is 1.45. The number of aromatic nitrogens is 1. The van der Waals surface area contributed by atoms with Crippen molar-refractivity contribution < 1.29 is 17.9 Å². The van der Waals surface area contributed by atoms with E-state index in [0.717, 1.165) is 23.1 Å². The van der Waals surface area contributed by atoms with Gasteiger partial charge in [-0.15, -0.1) is 5.10 Å². The van der Waals surface area contributed by atoms with Crippen molar-refractivity contribution >= 4 is 37.5 Å². The molecule has 1 saturated heterocycles. The van der Waals surface area contributed by atoms with Crippen LogP contribution in [0.15, 0.2) is 52.5 Å². The highest BCUT2D eigenvalue weighted by Gasteiger charge is 2.30. The molecular weight excluding hydrogens is 424 g/mol. The molecule has 30 heavy (non-hydrogen) atoms. The number of ether oxygens (including phenoxy) is 1. The molecule has 0 unspecified atom stereocenters. The number of aryl methyl sites for hydroxylation is 1. The van der Waals surface area contributed by atoms with Crippen LogP contribution < -0.4 is 15.0 Å². The summed E-state index contributed by atoms with van der Waals surface area (Å²) in [6.45, 7) is 0.944. The maximum absolute atomic E-state index is 13.0. The number of nitrogens with one attached hydrogen (secondary N) is 1. The van der Waals surface area contributed by atoms with Crippen LogP contribution >= 0.6 is 11.3 Å². The smallest absolute Gasteiger partial charge is 0.271 e. The SMILES string of the molecule is COc1ccc(C(=O)N/N=c2\sc3ccccc3n2C)cc1S(=O)(=O)N1CCCC1. The molecule has 1 amide bonds. The lowest BCUT2D eigenvalue weighted by Gasteiger charge is -2.18. The number of benzene rings is 2. The van der Waals surface area contributed by atoms with Gasteiger partial charge in [-0.1, -0.05) is 23.5 Å². The van der Waals surface area contributed by atoms with Gasteiger partial charge < -0.3 is 9.30 Å². The molecule has 0 saturated carbocycles. The highest BCUT2D eigenvalue weighted by atomic mass is 32.2. The normalized spacial score (nSPS) is 15.6. The summed E-state index contributed by atoms with van der Waals surface area (Å²) in [5, 5.41) is 4.22. The second kappa shape index (κ2) is 8.21. The van der Waals surface area contributed by atoms with E-state index in [-0.39, 0.29) is 16.2 Å². The molecule has 1 aliphatic heterocycles. The molecule has 10 heteroatoms. The van der Waals surface area contributed by atoms with Crippen LogP contribution in [-0.4, -0.2) is 43.4 Å². The van der Waals surface area contributed by atoms with E-state index in [0.29, 0.717) is 17.9 Å². The monoisotopic (exact) mass is 446 g/mol. The second-order valence-corrected chi connectivity index (χ2v) is 9.86. The Kier molecular flexibility index (Phi) is 5.63. The molecule has 8 nitrogen and oxygen atoms in total. The average Bonchev–Trinajstić information content (AvgIpc) is 3.41. The zero-order valence-corrected chi connectivity index (χ0v) is 18.3. The number of rotatable bonds is 5. The van der Waals surface area contributed by atoms with Gasteiger partial charge in [-0.25, -0.2) is 13.8 Å². The summed E-state index contributed by atoms with van der Waals surface area (Å²) in [4.78, 5) is 13.3. The number of thiazole rings is 1. The fourth-order valence-electron chi connectivity index (χ4n) is 3.44. The average molecular weight is 447 g/mol. The molecule has 0 atom stereocenters. The van der Waals surface area contributed by atoms with Crippen molar-refractivity contribution in [3.05, 3.63) is 52.8 Å². The van der Waals surface area contributed by atoms with Crippen molar-refractivity contribution in [2.75, 3.05) is 20.2 Å². The van der Waals surface area contributed by atoms with Crippen molar-refractivity contribution in [2.24, 2.45) is 12.1 Å². The molecule has 2 aromatic carbocycles. The third-order valence-electron chi connectivity index (χ3n) is 5.08. The number of carbonyl (C=O) groups excluding carboxylic acids is 1. The van der Waals surface area contributed by atoms with Crippen LogP contribution in [0.1, 0.15) is 23.2 Å². The minimum Gasteiger partial charge on any atom is -0.495 e. The predicted molar refractivity (Wildman–Crippen MR) is 115 cm³/mol. The fraction of sp³-hybridized carbons (Fsp3) is 0.300. The molecular formula is C20H22N4O4S2. The third-order valence-corrected chi connectivity index (χ3v) is 8.11. The first-order chi connectivity index (χ1) is 14.4. The van der Waals surface area contributed by atoms with Gasteiger partial charge in [0.15, 0.2) is 0 Å². The summed E-state index contributed by atoms with van der Waals surface area (Å²) in [7, 11) is -0.448. The maximum atomic E-state index is 13.0. The Morgan fingerprint density at radius 1 is 1.17 bits per heavy atom. The van der Waals surface area contributed by atoms with E-state index in [1.807, 2.05) is 35.9 Å². The second-order valence-electron chi connectivity index (χ2n) is 6.94. The summed E-state index contributed by atoms with van der Waals surface area (Å²) < 4.78 is 35.6. The van der Waals surface area contributed by atoms with E-state index in [1.165, 1.54) is 41.0 Å². The van der Waals surface area contributed by atoms with Crippen LogP contribution in [0.5, 0.6) is 5.75 Å². The lowest BCUT2D eigenvalue weighted by atomic mass is 10.2. The topological polar surface area (TPSA) is 93.0 Å². The molecule has 3 aromatic rings. The quantitative estimate of drug-likeness (QED) is 0.609. The lowest BCUT2D eigenvalue weighted by molar-refractivity contribution is 0.0952. The van der Waals surface area contributed by atoms with Gasteiger partial charge in [-0.2, -0.15) is 4.31 Å². The van der Waals surface area contributed by atoms with Gasteiger partial charge in [0, 0.05) is 25.7 Å². The molecule has 158 valence electrons. The van der Waals surface area contributed by atoms with Crippen LogP contribution in [0.25, 0.3) is 10.2 Å². The minimum absolute atomic E-state index is 0.00744. The number of carbonyl (C=O) groups is 1. The fourth-order valence-corrected chi connectivity index (χ4v) is 6.12. The number of nitrogens with zero attached hydrogens (tertiary/aromatic N) is 3. The molecule has 2 heterocycles. The Balaban J connectivity index is 1.65. The van der Waals surface area contributed by atoms with E-state index >= 15 is 0 Å². The van der Waals surface area contributed by atoms with Gasteiger partial charge in [0.1, 0.15) is 10.6 Å². The van der Waals surface area contributed by atoms with Crippen LogP contribution in [0, 0.1) is 0 Å². The number of hydrogen-bond acceptors (Lipinski definition) is 6. The standard InChI is InChI=1S/C20H22N4O4S2/c1-23-15-7-3-4-8-17(15)29-20(23)22-21-19(25)14-9-10-16(28-2)18(13-14)30(26,27)24-11-5-6-12-24/h3-4,7-10,13H,5-6,11-12H2,1-2H3,(H,21,25)/b22-20-. The van der Waals surface area contributed by atoms with Crippen molar-refractivity contribution in [3.63, 3.8) is 0 Å². The lowest BCUT2D eigenvalue weighted by Crippen LogP contribution is -2.29. The van der Waals surface area contributed by atoms with Crippen LogP contribution in [0.4, 0.5) is 0 Å². The zero-order chi connectivity index (χ0) is 21.3. The Labute approximate surface area is 178 Å². The first-order valence-corrected chi connectivity index (χ1v) is 11.7. The third kappa shape index (κ3) is 3.73. The summed E-state index contributed by atoms with van der Waals surface area (Å²) in [6, 6.07) is 12.2. The number of sulfonamides is 1. The molecule has 1 aromatic heterocycles. The van der Waals surface area contributed by atoms with Crippen LogP contribution in [0.3, 0.4) is 0 Å². The molecule has 0 aliphatic carbocycles. The Hall–Kier alpha value is -2.69. The number of amides is 1. The molecule has 0 bridgehead atoms. The number of para-hydroxylation sites is 1. The van der Waals surface area contributed by atoms with E-state index in [2.05, 4.69) is 10.5 Å². The molecule has 0 radical (unpaired) electrons. The number of methoxy groups -OCH3 is 1. The van der Waals surface area contributed by atoms with Gasteiger partial charge in [0.05, 0.1) is 17.3 Å². The molecule has 1 N–H and O–H groups in total. The van der Waals surface area contributed by atoms with Crippen molar-refractivity contribution in [1.29, 1.82) is 0 Å². The van der Waals surface area contributed by atoms with Crippen LogP contribution in [-0.2, 0) is 17.1 Å². The van der Waals surface area contributed by atoms with E-state index in [4.69, 9.17) is 4.74 Å². The first kappa shape index (κ1) is 20.6. The first-order valence-electron chi connectivity index (χ1n) is 9.48. The highest BCUT2D eigenvalue weighted by molar-refractivity contribution is 7.89. The summed E-state index contributed by atoms with van der Waals surface area (Å²) in [6.07, 6.45) is 1.65. The Morgan fingerprint density at radius 3 is 2.60 bits per heavy atom. The van der Waals surface area contributed by atoms with E-state index in [1.54, 1.807) is 0 Å². The van der Waals surface area contributed by atoms with E-state index < -0.39 is 15.9 Å². The molecule has 0 spiro atoms. The molecule has 1 aliphatic rings. The van der Waals surface area contributed by atoms with Gasteiger partial charge in [0.25, 0.3) is 5.91 Å². The zero-order valence-electron chi connectivity index (χ0n) is 16.7. The number of hydrogen-bond donors (Lipinski definition) is 1. The van der Waals surface area contributed by atoms with Gasteiger partial charge in [0.2, 0.25) is 14.8 Å². The molecule has 1 fully saturated rings. The predicted octanol–water partition coefficient (Wildman–Crippen LogP) is 2.28. The summed E-state index contributed by atoms with van der Waals surface area (Å²) in [5.74, 6) is -0.278. The van der Waals surface area contributed by atoms with Crippen molar-refractivity contribution in [3.8, 4) is 5.75 Å².